The molecule has 1 heterocycles. The lowest BCUT2D eigenvalue weighted by atomic mass is 10.1. The molecule has 0 fully saturated rings. The zero-order valence-electron chi connectivity index (χ0n) is 17.7. The summed E-state index contributed by atoms with van der Waals surface area (Å²) in [6.07, 6.45) is -3.83. The van der Waals surface area contributed by atoms with Crippen LogP contribution in [0.4, 0.5) is 18.9 Å². The van der Waals surface area contributed by atoms with E-state index in [2.05, 4.69) is 27.1 Å². The second kappa shape index (κ2) is 9.96. The van der Waals surface area contributed by atoms with Gasteiger partial charge in [0.2, 0.25) is 0 Å². The van der Waals surface area contributed by atoms with Crippen molar-refractivity contribution in [3.8, 4) is 29.0 Å². The molecule has 0 unspecified atom stereocenters. The first-order valence-electron chi connectivity index (χ1n) is 10.2. The van der Waals surface area contributed by atoms with Crippen LogP contribution in [0, 0.1) is 11.8 Å². The number of rotatable bonds is 5. The fourth-order valence-corrected chi connectivity index (χ4v) is 3.05. The van der Waals surface area contributed by atoms with Gasteiger partial charge in [0.25, 0.3) is 0 Å². The number of anilines is 1. The Labute approximate surface area is 193 Å². The van der Waals surface area contributed by atoms with E-state index in [1.54, 1.807) is 36.4 Å². The Kier molecular flexibility index (Phi) is 6.64. The third-order valence-corrected chi connectivity index (χ3v) is 4.71. The number of imidazole rings is 1. The number of aromatic amines is 1. The number of hydrogen-bond donors (Lipinski definition) is 2. The highest BCUT2D eigenvalue weighted by molar-refractivity contribution is 6.05. The molecule has 0 aliphatic heterocycles. The van der Waals surface area contributed by atoms with Gasteiger partial charge in [-0.25, -0.2) is 4.98 Å². The van der Waals surface area contributed by atoms with Crippen molar-refractivity contribution in [2.24, 2.45) is 0 Å². The smallest absolute Gasteiger partial charge is 0.432 e. The SMILES string of the molecule is O=C(C#Cc1ccccc1)Nc1cc(-c2ncc(C(F)(F)F)[nH]2)ccc1OCc1ccccc1. The summed E-state index contributed by atoms with van der Waals surface area (Å²) < 4.78 is 44.7. The number of hydrogen-bond acceptors (Lipinski definition) is 3. The van der Waals surface area contributed by atoms with Crippen LogP contribution in [0.5, 0.6) is 5.75 Å². The largest absolute Gasteiger partial charge is 0.487 e. The fraction of sp³-hybridized carbons (Fsp3) is 0.0769. The van der Waals surface area contributed by atoms with E-state index in [4.69, 9.17) is 4.74 Å². The van der Waals surface area contributed by atoms with Crippen molar-refractivity contribution in [1.82, 2.24) is 9.97 Å². The molecule has 0 bridgehead atoms. The van der Waals surface area contributed by atoms with E-state index in [0.717, 1.165) is 11.8 Å². The third-order valence-electron chi connectivity index (χ3n) is 4.71. The maximum absolute atomic E-state index is 13.0. The van der Waals surface area contributed by atoms with Gasteiger partial charge in [-0.2, -0.15) is 13.2 Å². The van der Waals surface area contributed by atoms with Crippen molar-refractivity contribution in [2.75, 3.05) is 5.32 Å². The summed E-state index contributed by atoms with van der Waals surface area (Å²) in [5.41, 5.74) is 1.21. The molecule has 3 aromatic carbocycles. The number of carbonyl (C=O) groups excluding carboxylic acids is 1. The highest BCUT2D eigenvalue weighted by atomic mass is 19.4. The van der Waals surface area contributed by atoms with E-state index in [0.29, 0.717) is 16.9 Å². The van der Waals surface area contributed by atoms with E-state index < -0.39 is 17.8 Å². The topological polar surface area (TPSA) is 67.0 Å². The van der Waals surface area contributed by atoms with Crippen molar-refractivity contribution < 1.29 is 22.7 Å². The predicted octanol–water partition coefficient (Wildman–Crippen LogP) is 5.66. The average Bonchev–Trinajstić information content (AvgIpc) is 3.34. The minimum atomic E-state index is -4.55. The lowest BCUT2D eigenvalue weighted by Crippen LogP contribution is -2.10. The molecule has 0 saturated heterocycles. The van der Waals surface area contributed by atoms with Crippen molar-refractivity contribution in [2.45, 2.75) is 12.8 Å². The summed E-state index contributed by atoms with van der Waals surface area (Å²) in [6, 6.07) is 23.0. The van der Waals surface area contributed by atoms with Gasteiger partial charge in [-0.1, -0.05) is 54.5 Å². The molecule has 0 aliphatic carbocycles. The summed E-state index contributed by atoms with van der Waals surface area (Å²) in [7, 11) is 0. The molecule has 2 N–H and O–H groups in total. The molecule has 0 aliphatic rings. The van der Waals surface area contributed by atoms with Crippen LogP contribution in [-0.4, -0.2) is 15.9 Å². The van der Waals surface area contributed by atoms with E-state index >= 15 is 0 Å². The van der Waals surface area contributed by atoms with Crippen LogP contribution in [0.25, 0.3) is 11.4 Å². The second-order valence-electron chi connectivity index (χ2n) is 7.20. The Morgan fingerprint density at radius 2 is 1.71 bits per heavy atom. The Balaban J connectivity index is 1.61. The Hall–Kier alpha value is -4.51. The first-order chi connectivity index (χ1) is 16.4. The van der Waals surface area contributed by atoms with Gasteiger partial charge in [0, 0.05) is 17.0 Å². The van der Waals surface area contributed by atoms with Gasteiger partial charge in [-0.15, -0.1) is 0 Å². The fourth-order valence-electron chi connectivity index (χ4n) is 3.05. The second-order valence-corrected chi connectivity index (χ2v) is 7.20. The summed E-state index contributed by atoms with van der Waals surface area (Å²) in [5, 5.41) is 2.66. The maximum Gasteiger partial charge on any atom is 0.432 e. The normalized spacial score (nSPS) is 10.8. The number of aromatic nitrogens is 2. The van der Waals surface area contributed by atoms with Crippen molar-refractivity contribution >= 4 is 11.6 Å². The van der Waals surface area contributed by atoms with Gasteiger partial charge in [-0.05, 0) is 35.9 Å². The molecular weight excluding hydrogens is 443 g/mol. The quantitative estimate of drug-likeness (QED) is 0.377. The van der Waals surface area contributed by atoms with Gasteiger partial charge in [-0.3, -0.25) is 4.79 Å². The minimum Gasteiger partial charge on any atom is -0.487 e. The molecular formula is C26H18F3N3O2. The summed E-state index contributed by atoms with van der Waals surface area (Å²) in [6.45, 7) is 0.234. The van der Waals surface area contributed by atoms with Crippen LogP contribution in [0.15, 0.2) is 85.1 Å². The van der Waals surface area contributed by atoms with Crippen molar-refractivity contribution in [3.63, 3.8) is 0 Å². The molecule has 34 heavy (non-hydrogen) atoms. The summed E-state index contributed by atoms with van der Waals surface area (Å²) in [4.78, 5) is 18.6. The van der Waals surface area contributed by atoms with Crippen LogP contribution >= 0.6 is 0 Å². The van der Waals surface area contributed by atoms with Crippen LogP contribution < -0.4 is 10.1 Å². The van der Waals surface area contributed by atoms with Gasteiger partial charge in [0.15, 0.2) is 0 Å². The van der Waals surface area contributed by atoms with E-state index in [-0.39, 0.29) is 18.1 Å². The number of halogens is 3. The first kappa shape index (κ1) is 22.7. The van der Waals surface area contributed by atoms with Gasteiger partial charge < -0.3 is 15.0 Å². The monoisotopic (exact) mass is 461 g/mol. The minimum absolute atomic E-state index is 0.00723. The number of amides is 1. The van der Waals surface area contributed by atoms with E-state index in [1.165, 1.54) is 6.07 Å². The Bertz CT molecular complexity index is 1340. The van der Waals surface area contributed by atoms with Gasteiger partial charge in [0.1, 0.15) is 23.9 Å². The van der Waals surface area contributed by atoms with E-state index in [9.17, 15) is 18.0 Å². The Morgan fingerprint density at radius 1 is 1.00 bits per heavy atom. The molecule has 5 nitrogen and oxygen atoms in total. The lowest BCUT2D eigenvalue weighted by Gasteiger charge is -2.13. The number of ether oxygens (including phenoxy) is 1. The van der Waals surface area contributed by atoms with Crippen LogP contribution in [0.3, 0.4) is 0 Å². The molecule has 0 radical (unpaired) electrons. The van der Waals surface area contributed by atoms with Gasteiger partial charge >= 0.3 is 12.1 Å². The van der Waals surface area contributed by atoms with E-state index in [1.807, 2.05) is 36.4 Å². The molecule has 0 saturated carbocycles. The molecule has 4 aromatic rings. The maximum atomic E-state index is 13.0. The lowest BCUT2D eigenvalue weighted by molar-refractivity contribution is -0.140. The number of carbonyl (C=O) groups is 1. The Morgan fingerprint density at radius 3 is 2.38 bits per heavy atom. The van der Waals surface area contributed by atoms with Crippen molar-refractivity contribution in [3.05, 3.63) is 102 Å². The highest BCUT2D eigenvalue weighted by Gasteiger charge is 2.33. The average molecular weight is 461 g/mol. The summed E-state index contributed by atoms with van der Waals surface area (Å²) in [5.74, 6) is 5.01. The standard InChI is InChI=1S/C26H18F3N3O2/c27-26(28,29)23-16-30-25(32-23)20-12-13-22(34-17-19-9-5-2-6-10-19)21(15-20)31-24(33)14-11-18-7-3-1-4-8-18/h1-10,12-13,15-16H,17H2,(H,30,32)(H,31,33). The highest BCUT2D eigenvalue weighted by Crippen LogP contribution is 2.33. The number of H-pyrrole nitrogens is 1. The zero-order valence-corrected chi connectivity index (χ0v) is 17.7. The third kappa shape index (κ3) is 5.84. The molecule has 4 rings (SSSR count). The summed E-state index contributed by atoms with van der Waals surface area (Å²) >= 11 is 0. The van der Waals surface area contributed by atoms with Gasteiger partial charge in [0.05, 0.1) is 11.9 Å². The van der Waals surface area contributed by atoms with Crippen LogP contribution in [0.1, 0.15) is 16.8 Å². The molecule has 1 aromatic heterocycles. The molecule has 0 spiro atoms. The van der Waals surface area contributed by atoms with Crippen LogP contribution in [0.2, 0.25) is 0 Å². The molecule has 170 valence electrons. The number of nitrogens with one attached hydrogen (secondary N) is 2. The number of benzene rings is 3. The number of alkyl halides is 3. The first-order valence-corrected chi connectivity index (χ1v) is 10.2. The molecule has 0 atom stereocenters. The molecule has 1 amide bonds. The van der Waals surface area contributed by atoms with Crippen molar-refractivity contribution in [1.29, 1.82) is 0 Å². The zero-order chi connectivity index (χ0) is 24.0. The number of nitrogens with zero attached hydrogens (tertiary/aromatic N) is 1. The van der Waals surface area contributed by atoms with Crippen LogP contribution in [-0.2, 0) is 17.6 Å². The molecule has 8 heteroatoms. The predicted molar refractivity (Wildman–Crippen MR) is 122 cm³/mol.